The zero-order valence-corrected chi connectivity index (χ0v) is 16.8. The molecular formula is C22H27N3O3. The van der Waals surface area contributed by atoms with Crippen molar-refractivity contribution in [2.24, 2.45) is 0 Å². The second kappa shape index (κ2) is 9.69. The van der Waals surface area contributed by atoms with Gasteiger partial charge in [0.15, 0.2) is 0 Å². The quantitative estimate of drug-likeness (QED) is 0.774. The van der Waals surface area contributed by atoms with Gasteiger partial charge < -0.3 is 15.5 Å². The van der Waals surface area contributed by atoms with Gasteiger partial charge in [0, 0.05) is 18.3 Å². The molecule has 0 aliphatic carbocycles. The lowest BCUT2D eigenvalue weighted by molar-refractivity contribution is -0.132. The van der Waals surface area contributed by atoms with Gasteiger partial charge in [-0.15, -0.1) is 0 Å². The molecule has 0 atom stereocenters. The van der Waals surface area contributed by atoms with Crippen LogP contribution in [0.3, 0.4) is 0 Å². The summed E-state index contributed by atoms with van der Waals surface area (Å²) < 4.78 is 0. The van der Waals surface area contributed by atoms with Crippen molar-refractivity contribution in [2.75, 3.05) is 25.5 Å². The first-order valence-electron chi connectivity index (χ1n) is 9.28. The van der Waals surface area contributed by atoms with E-state index in [1.807, 2.05) is 51.1 Å². The van der Waals surface area contributed by atoms with Crippen LogP contribution in [0.25, 0.3) is 0 Å². The van der Waals surface area contributed by atoms with Gasteiger partial charge in [-0.1, -0.05) is 42.3 Å². The summed E-state index contributed by atoms with van der Waals surface area (Å²) >= 11 is 0. The lowest BCUT2D eigenvalue weighted by atomic mass is 10.1. The number of nitrogens with one attached hydrogen (secondary N) is 2. The number of aryl methyl sites for hydroxylation is 3. The largest absolute Gasteiger partial charge is 0.343 e. The molecule has 0 heterocycles. The molecule has 6 heteroatoms. The summed E-state index contributed by atoms with van der Waals surface area (Å²) in [6.07, 6.45) is 0.801. The van der Waals surface area contributed by atoms with Crippen molar-refractivity contribution >= 4 is 23.4 Å². The van der Waals surface area contributed by atoms with Crippen molar-refractivity contribution in [3.8, 4) is 0 Å². The van der Waals surface area contributed by atoms with E-state index in [9.17, 15) is 14.4 Å². The van der Waals surface area contributed by atoms with Crippen molar-refractivity contribution in [3.63, 3.8) is 0 Å². The summed E-state index contributed by atoms with van der Waals surface area (Å²) in [7, 11) is 1.54. The minimum atomic E-state index is -0.336. The van der Waals surface area contributed by atoms with E-state index >= 15 is 0 Å². The normalized spacial score (nSPS) is 10.3. The van der Waals surface area contributed by atoms with Crippen LogP contribution in [0, 0.1) is 13.8 Å². The molecule has 0 saturated carbocycles. The average Bonchev–Trinajstić information content (AvgIpc) is 2.65. The van der Waals surface area contributed by atoms with Crippen LogP contribution in [0.2, 0.25) is 0 Å². The second-order valence-electron chi connectivity index (χ2n) is 6.87. The summed E-state index contributed by atoms with van der Waals surface area (Å²) in [5.74, 6) is -0.927. The SMILES string of the molecule is CCc1ccccc1NC(=O)CN(C)C(=O)CNC(=O)c1cc(C)cc(C)c1. The van der Waals surface area contributed by atoms with Crippen LogP contribution in [-0.4, -0.2) is 42.8 Å². The standard InChI is InChI=1S/C22H27N3O3/c1-5-17-8-6-7-9-19(17)24-20(26)14-25(4)21(27)13-23-22(28)18-11-15(2)10-16(3)12-18/h6-12H,5,13-14H2,1-4H3,(H,23,28)(H,24,26). The molecule has 0 aliphatic rings. The van der Waals surface area contributed by atoms with Crippen molar-refractivity contribution in [1.29, 1.82) is 0 Å². The van der Waals surface area contributed by atoms with E-state index in [1.54, 1.807) is 12.1 Å². The minimum absolute atomic E-state index is 0.0870. The first-order valence-corrected chi connectivity index (χ1v) is 9.28. The van der Waals surface area contributed by atoms with E-state index in [0.29, 0.717) is 5.56 Å². The van der Waals surface area contributed by atoms with E-state index in [4.69, 9.17) is 0 Å². The molecule has 2 aromatic carbocycles. The smallest absolute Gasteiger partial charge is 0.251 e. The van der Waals surface area contributed by atoms with E-state index in [2.05, 4.69) is 10.6 Å². The van der Waals surface area contributed by atoms with Gasteiger partial charge >= 0.3 is 0 Å². The number of para-hydroxylation sites is 1. The number of nitrogens with zero attached hydrogens (tertiary/aromatic N) is 1. The highest BCUT2D eigenvalue weighted by atomic mass is 16.2. The Hall–Kier alpha value is -3.15. The lowest BCUT2D eigenvalue weighted by Crippen LogP contribution is -2.41. The molecule has 3 amide bonds. The number of anilines is 1. The maximum Gasteiger partial charge on any atom is 0.251 e. The van der Waals surface area contributed by atoms with Gasteiger partial charge in [-0.05, 0) is 44.0 Å². The molecule has 6 nitrogen and oxygen atoms in total. The van der Waals surface area contributed by atoms with E-state index in [1.165, 1.54) is 11.9 Å². The van der Waals surface area contributed by atoms with E-state index < -0.39 is 0 Å². The molecule has 0 saturated heterocycles. The Morgan fingerprint density at radius 2 is 1.64 bits per heavy atom. The third-order valence-corrected chi connectivity index (χ3v) is 4.36. The third-order valence-electron chi connectivity index (χ3n) is 4.36. The molecule has 148 valence electrons. The molecule has 2 rings (SSSR count). The van der Waals surface area contributed by atoms with Gasteiger partial charge in [0.1, 0.15) is 0 Å². The number of likely N-dealkylation sites (N-methyl/N-ethyl adjacent to an activating group) is 1. The van der Waals surface area contributed by atoms with Crippen molar-refractivity contribution in [1.82, 2.24) is 10.2 Å². The highest BCUT2D eigenvalue weighted by Crippen LogP contribution is 2.15. The molecular weight excluding hydrogens is 354 g/mol. The average molecular weight is 381 g/mol. The number of benzene rings is 2. The lowest BCUT2D eigenvalue weighted by Gasteiger charge is -2.18. The zero-order valence-electron chi connectivity index (χ0n) is 16.8. The highest BCUT2D eigenvalue weighted by molar-refractivity contribution is 5.98. The Morgan fingerprint density at radius 3 is 2.29 bits per heavy atom. The number of hydrogen-bond donors (Lipinski definition) is 2. The predicted octanol–water partition coefficient (Wildman–Crippen LogP) is 2.69. The maximum atomic E-state index is 12.3. The molecule has 0 radical (unpaired) electrons. The number of amides is 3. The monoisotopic (exact) mass is 381 g/mol. The van der Waals surface area contributed by atoms with Gasteiger partial charge in [0.25, 0.3) is 5.91 Å². The third kappa shape index (κ3) is 5.94. The number of carbonyl (C=O) groups excluding carboxylic acids is 3. The van der Waals surface area contributed by atoms with Crippen LogP contribution in [-0.2, 0) is 16.0 Å². The fraction of sp³-hybridized carbons (Fsp3) is 0.318. The Balaban J connectivity index is 1.86. The molecule has 2 aromatic rings. The van der Waals surface area contributed by atoms with Gasteiger partial charge in [0.2, 0.25) is 11.8 Å². The molecule has 0 fully saturated rings. The molecule has 0 aromatic heterocycles. The molecule has 0 spiro atoms. The van der Waals surface area contributed by atoms with Crippen LogP contribution in [0.15, 0.2) is 42.5 Å². The molecule has 0 unspecified atom stereocenters. The summed E-state index contributed by atoms with van der Waals surface area (Å²) in [4.78, 5) is 38.0. The molecule has 2 N–H and O–H groups in total. The van der Waals surface area contributed by atoms with Gasteiger partial charge in [-0.2, -0.15) is 0 Å². The fourth-order valence-electron chi connectivity index (χ4n) is 2.94. The molecule has 28 heavy (non-hydrogen) atoms. The Morgan fingerprint density at radius 1 is 1.00 bits per heavy atom. The van der Waals surface area contributed by atoms with Gasteiger partial charge in [-0.3, -0.25) is 14.4 Å². The molecule has 0 aliphatic heterocycles. The number of carbonyl (C=O) groups is 3. The Bertz CT molecular complexity index is 857. The summed E-state index contributed by atoms with van der Waals surface area (Å²) in [5.41, 5.74) is 4.27. The van der Waals surface area contributed by atoms with Crippen LogP contribution in [0.4, 0.5) is 5.69 Å². The first-order chi connectivity index (χ1) is 13.3. The molecule has 0 bridgehead atoms. The van der Waals surface area contributed by atoms with Crippen LogP contribution >= 0.6 is 0 Å². The zero-order chi connectivity index (χ0) is 20.7. The first kappa shape index (κ1) is 21.2. The minimum Gasteiger partial charge on any atom is -0.343 e. The van der Waals surface area contributed by atoms with Crippen molar-refractivity contribution < 1.29 is 14.4 Å². The topological polar surface area (TPSA) is 78.5 Å². The maximum absolute atomic E-state index is 12.3. The highest BCUT2D eigenvalue weighted by Gasteiger charge is 2.15. The van der Waals surface area contributed by atoms with Crippen LogP contribution < -0.4 is 10.6 Å². The number of hydrogen-bond acceptors (Lipinski definition) is 3. The summed E-state index contributed by atoms with van der Waals surface area (Å²) in [6.45, 7) is 5.59. The summed E-state index contributed by atoms with van der Waals surface area (Å²) in [5, 5.41) is 5.44. The van der Waals surface area contributed by atoms with Crippen LogP contribution in [0.5, 0.6) is 0 Å². The second-order valence-corrected chi connectivity index (χ2v) is 6.87. The fourth-order valence-corrected chi connectivity index (χ4v) is 2.94. The van der Waals surface area contributed by atoms with Crippen LogP contribution in [0.1, 0.15) is 34.0 Å². The van der Waals surface area contributed by atoms with Gasteiger partial charge in [0.05, 0.1) is 13.1 Å². The Kier molecular flexibility index (Phi) is 7.32. The predicted molar refractivity (Wildman–Crippen MR) is 110 cm³/mol. The van der Waals surface area contributed by atoms with Gasteiger partial charge in [-0.25, -0.2) is 0 Å². The Labute approximate surface area is 165 Å². The van der Waals surface area contributed by atoms with Crippen molar-refractivity contribution in [2.45, 2.75) is 27.2 Å². The van der Waals surface area contributed by atoms with E-state index in [-0.39, 0.29) is 30.8 Å². The summed E-state index contributed by atoms with van der Waals surface area (Å²) in [6, 6.07) is 13.1. The van der Waals surface area contributed by atoms with E-state index in [0.717, 1.165) is 28.8 Å². The number of rotatable bonds is 7. The van der Waals surface area contributed by atoms with Crippen molar-refractivity contribution in [3.05, 3.63) is 64.7 Å².